The molecule has 0 bridgehead atoms. The third-order valence-corrected chi connectivity index (χ3v) is 3.39. The molecule has 0 unspecified atom stereocenters. The highest BCUT2D eigenvalue weighted by Crippen LogP contribution is 2.30. The molecule has 0 aromatic heterocycles. The Kier molecular flexibility index (Phi) is 4.82. The van der Waals surface area contributed by atoms with Gasteiger partial charge in [-0.3, -0.25) is 10.1 Å². The summed E-state index contributed by atoms with van der Waals surface area (Å²) in [4.78, 5) is 10.5. The molecular formula is C14H11Cl2NO3. The maximum atomic E-state index is 11.0. The maximum absolute atomic E-state index is 11.0. The lowest BCUT2D eigenvalue weighted by atomic mass is 10.2. The molecule has 104 valence electrons. The molecule has 20 heavy (non-hydrogen) atoms. The van der Waals surface area contributed by atoms with E-state index in [-0.39, 0.29) is 23.9 Å². The molecule has 6 heteroatoms. The van der Waals surface area contributed by atoms with Gasteiger partial charge in [0.25, 0.3) is 0 Å². The van der Waals surface area contributed by atoms with Gasteiger partial charge < -0.3 is 4.74 Å². The first-order valence-electron chi connectivity index (χ1n) is 5.81. The van der Waals surface area contributed by atoms with Crippen LogP contribution >= 0.6 is 23.2 Å². The molecule has 0 radical (unpaired) electrons. The normalized spacial score (nSPS) is 10.3. The number of benzene rings is 2. The predicted molar refractivity (Wildman–Crippen MR) is 78.4 cm³/mol. The van der Waals surface area contributed by atoms with E-state index < -0.39 is 4.92 Å². The smallest absolute Gasteiger partial charge is 0.310 e. The quantitative estimate of drug-likeness (QED) is 0.462. The van der Waals surface area contributed by atoms with Crippen molar-refractivity contribution < 1.29 is 9.66 Å². The van der Waals surface area contributed by atoms with Crippen LogP contribution in [0.3, 0.4) is 0 Å². The van der Waals surface area contributed by atoms with E-state index in [4.69, 9.17) is 27.9 Å². The van der Waals surface area contributed by atoms with E-state index in [1.807, 2.05) is 12.1 Å². The summed E-state index contributed by atoms with van der Waals surface area (Å²) in [5.74, 6) is 0.452. The number of hydrogen-bond acceptors (Lipinski definition) is 3. The van der Waals surface area contributed by atoms with Crippen molar-refractivity contribution in [1.82, 2.24) is 0 Å². The van der Waals surface area contributed by atoms with E-state index in [1.54, 1.807) is 24.3 Å². The summed E-state index contributed by atoms with van der Waals surface area (Å²) in [6.45, 7) is 0.159. The van der Waals surface area contributed by atoms with Crippen molar-refractivity contribution >= 4 is 28.9 Å². The van der Waals surface area contributed by atoms with Gasteiger partial charge in [-0.15, -0.1) is 11.6 Å². The molecule has 2 rings (SSSR count). The Bertz CT molecular complexity index is 632. The van der Waals surface area contributed by atoms with E-state index in [0.717, 1.165) is 11.1 Å². The molecule has 0 atom stereocenters. The summed E-state index contributed by atoms with van der Waals surface area (Å²) in [6.07, 6.45) is 0. The summed E-state index contributed by atoms with van der Waals surface area (Å²) in [5, 5.41) is 11.5. The lowest BCUT2D eigenvalue weighted by Crippen LogP contribution is -2.00. The van der Waals surface area contributed by atoms with Crippen LogP contribution in [0.15, 0.2) is 42.5 Å². The first kappa shape index (κ1) is 14.6. The number of nitrogens with zero attached hydrogens (tertiary/aromatic N) is 1. The third kappa shape index (κ3) is 3.40. The van der Waals surface area contributed by atoms with Gasteiger partial charge in [0.2, 0.25) is 0 Å². The number of halogens is 2. The molecule has 4 nitrogen and oxygen atoms in total. The van der Waals surface area contributed by atoms with Crippen molar-refractivity contribution in [2.45, 2.75) is 12.5 Å². The fourth-order valence-corrected chi connectivity index (χ4v) is 2.04. The van der Waals surface area contributed by atoms with E-state index >= 15 is 0 Å². The molecule has 2 aromatic carbocycles. The first-order chi connectivity index (χ1) is 9.61. The van der Waals surface area contributed by atoms with Crippen molar-refractivity contribution in [3.05, 3.63) is 68.7 Å². The lowest BCUT2D eigenvalue weighted by molar-refractivity contribution is -0.386. The molecule has 0 aliphatic heterocycles. The maximum Gasteiger partial charge on any atom is 0.310 e. The summed E-state index contributed by atoms with van der Waals surface area (Å²) in [7, 11) is 0. The number of nitro groups is 1. The van der Waals surface area contributed by atoms with E-state index in [9.17, 15) is 10.1 Å². The minimum atomic E-state index is -0.486. The van der Waals surface area contributed by atoms with Gasteiger partial charge in [-0.05, 0) is 17.7 Å². The Balaban J connectivity index is 2.24. The van der Waals surface area contributed by atoms with Gasteiger partial charge >= 0.3 is 5.69 Å². The fourth-order valence-electron chi connectivity index (χ4n) is 1.68. The van der Waals surface area contributed by atoms with E-state index in [2.05, 4.69) is 0 Å². The number of hydrogen-bond donors (Lipinski definition) is 0. The molecule has 0 spiro atoms. The van der Waals surface area contributed by atoms with Crippen molar-refractivity contribution in [3.8, 4) is 5.75 Å². The molecule has 0 heterocycles. The summed E-state index contributed by atoms with van der Waals surface area (Å²) >= 11 is 11.7. The van der Waals surface area contributed by atoms with Crippen LogP contribution in [-0.2, 0) is 12.5 Å². The van der Waals surface area contributed by atoms with E-state index in [0.29, 0.717) is 5.02 Å². The second kappa shape index (κ2) is 6.59. The van der Waals surface area contributed by atoms with Crippen LogP contribution in [0.25, 0.3) is 0 Å². The number of ether oxygens (including phenoxy) is 1. The average Bonchev–Trinajstić information content (AvgIpc) is 2.46. The van der Waals surface area contributed by atoms with Crippen LogP contribution in [0, 0.1) is 10.1 Å². The highest BCUT2D eigenvalue weighted by Gasteiger charge is 2.16. The molecule has 0 saturated carbocycles. The number of alkyl halides is 1. The molecule has 0 aliphatic carbocycles. The largest absolute Gasteiger partial charge is 0.482 e. The Labute approximate surface area is 126 Å². The zero-order valence-corrected chi connectivity index (χ0v) is 11.9. The molecule has 2 aromatic rings. The Morgan fingerprint density at radius 3 is 2.60 bits per heavy atom. The number of rotatable bonds is 5. The van der Waals surface area contributed by atoms with Crippen LogP contribution in [-0.4, -0.2) is 4.92 Å². The van der Waals surface area contributed by atoms with Gasteiger partial charge in [0.15, 0.2) is 5.75 Å². The Hall–Kier alpha value is -1.78. The predicted octanol–water partition coefficient (Wildman–Crippen LogP) is 4.57. The summed E-state index contributed by atoms with van der Waals surface area (Å²) < 4.78 is 5.52. The SMILES string of the molecule is O=[N+]([O-])c1ccc(CCl)cc1OCc1ccccc1Cl. The monoisotopic (exact) mass is 311 g/mol. The van der Waals surface area contributed by atoms with Gasteiger partial charge in [0.05, 0.1) is 4.92 Å². The molecular weight excluding hydrogens is 301 g/mol. The molecule has 0 aliphatic rings. The highest BCUT2D eigenvalue weighted by atomic mass is 35.5. The minimum absolute atomic E-state index is 0.0917. The van der Waals surface area contributed by atoms with Crippen molar-refractivity contribution in [2.75, 3.05) is 0 Å². The van der Waals surface area contributed by atoms with Gasteiger partial charge in [-0.25, -0.2) is 0 Å². The van der Waals surface area contributed by atoms with Gasteiger partial charge in [0.1, 0.15) is 6.61 Å². The standard InChI is InChI=1S/C14H11Cl2NO3/c15-8-10-5-6-13(17(18)19)14(7-10)20-9-11-3-1-2-4-12(11)16/h1-7H,8-9H2. The van der Waals surface area contributed by atoms with Gasteiger partial charge in [-0.2, -0.15) is 0 Å². The summed E-state index contributed by atoms with van der Waals surface area (Å²) in [5.41, 5.74) is 1.43. The number of nitro benzene ring substituents is 1. The lowest BCUT2D eigenvalue weighted by Gasteiger charge is -2.09. The summed E-state index contributed by atoms with van der Waals surface area (Å²) in [6, 6.07) is 11.7. The van der Waals surface area contributed by atoms with Crippen LogP contribution in [0.2, 0.25) is 5.02 Å². The second-order valence-electron chi connectivity index (χ2n) is 4.07. The molecule has 0 amide bonds. The van der Waals surface area contributed by atoms with Gasteiger partial charge in [0, 0.05) is 22.5 Å². The fraction of sp³-hybridized carbons (Fsp3) is 0.143. The average molecular weight is 312 g/mol. The minimum Gasteiger partial charge on any atom is -0.482 e. The van der Waals surface area contributed by atoms with Crippen LogP contribution in [0.1, 0.15) is 11.1 Å². The van der Waals surface area contributed by atoms with E-state index in [1.165, 1.54) is 6.07 Å². The third-order valence-electron chi connectivity index (χ3n) is 2.72. The first-order valence-corrected chi connectivity index (χ1v) is 6.72. The Morgan fingerprint density at radius 2 is 1.95 bits per heavy atom. The van der Waals surface area contributed by atoms with Crippen molar-refractivity contribution in [1.29, 1.82) is 0 Å². The molecule has 0 N–H and O–H groups in total. The topological polar surface area (TPSA) is 52.4 Å². The zero-order chi connectivity index (χ0) is 14.5. The van der Waals surface area contributed by atoms with Crippen molar-refractivity contribution in [2.24, 2.45) is 0 Å². The van der Waals surface area contributed by atoms with Gasteiger partial charge in [-0.1, -0.05) is 35.9 Å². The van der Waals surface area contributed by atoms with Crippen LogP contribution < -0.4 is 4.74 Å². The second-order valence-corrected chi connectivity index (χ2v) is 4.75. The molecule has 0 saturated heterocycles. The Morgan fingerprint density at radius 1 is 1.20 bits per heavy atom. The van der Waals surface area contributed by atoms with Crippen molar-refractivity contribution in [3.63, 3.8) is 0 Å². The van der Waals surface area contributed by atoms with Crippen LogP contribution in [0.5, 0.6) is 5.75 Å². The van der Waals surface area contributed by atoms with Crippen LogP contribution in [0.4, 0.5) is 5.69 Å². The molecule has 0 fully saturated rings. The zero-order valence-electron chi connectivity index (χ0n) is 10.4. The highest BCUT2D eigenvalue weighted by molar-refractivity contribution is 6.31.